The molecule has 0 fully saturated rings. The maximum Gasteiger partial charge on any atom is 0.211 e. The van der Waals surface area contributed by atoms with E-state index in [2.05, 4.69) is 20.6 Å². The Morgan fingerprint density at radius 2 is 1.85 bits per heavy atom. The van der Waals surface area contributed by atoms with Crippen LogP contribution in [0.1, 0.15) is 0 Å². The van der Waals surface area contributed by atoms with Crippen molar-refractivity contribution in [3.05, 3.63) is 42.5 Å². The summed E-state index contributed by atoms with van der Waals surface area (Å²) in [4.78, 5) is 18.3. The first-order chi connectivity index (χ1) is 9.80. The molecule has 2 aromatic carbocycles. The number of benzene rings is 2. The minimum atomic E-state index is 0.662. The average molecular weight is 266 g/mol. The molecule has 3 N–H and O–H groups in total. The van der Waals surface area contributed by atoms with Crippen LogP contribution in [0.15, 0.2) is 42.5 Å². The molecule has 1 aromatic heterocycles. The number of fused-ring (bicyclic) bond motifs is 1. The molecular formula is C15H14N4O. The zero-order chi connectivity index (χ0) is 13.9. The minimum absolute atomic E-state index is 0.662. The summed E-state index contributed by atoms with van der Waals surface area (Å²) in [5.41, 5.74) is 4.58. The molecule has 1 amide bonds. The van der Waals surface area contributed by atoms with Gasteiger partial charge in [-0.3, -0.25) is 4.79 Å². The van der Waals surface area contributed by atoms with Gasteiger partial charge in [-0.2, -0.15) is 0 Å². The Bertz CT molecular complexity index is 746. The Morgan fingerprint density at radius 3 is 2.55 bits per heavy atom. The number of aromatic amines is 1. The number of hydrogen-bond donors (Lipinski definition) is 3. The molecule has 0 saturated carbocycles. The Kier molecular flexibility index (Phi) is 3.09. The van der Waals surface area contributed by atoms with Gasteiger partial charge < -0.3 is 15.6 Å². The zero-order valence-corrected chi connectivity index (χ0v) is 11.0. The van der Waals surface area contributed by atoms with E-state index in [1.807, 2.05) is 49.5 Å². The van der Waals surface area contributed by atoms with E-state index < -0.39 is 0 Å². The lowest BCUT2D eigenvalue weighted by Gasteiger charge is -2.00. The summed E-state index contributed by atoms with van der Waals surface area (Å²) in [6, 6.07) is 13.6. The number of nitrogens with one attached hydrogen (secondary N) is 3. The van der Waals surface area contributed by atoms with Gasteiger partial charge in [0.15, 0.2) is 0 Å². The third kappa shape index (κ3) is 2.21. The number of hydrogen-bond acceptors (Lipinski definition) is 3. The number of nitrogens with zero attached hydrogens (tertiary/aromatic N) is 1. The van der Waals surface area contributed by atoms with Gasteiger partial charge in [-0.15, -0.1) is 0 Å². The predicted molar refractivity (Wildman–Crippen MR) is 80.8 cm³/mol. The van der Waals surface area contributed by atoms with Gasteiger partial charge in [0.05, 0.1) is 11.0 Å². The van der Waals surface area contributed by atoms with Crippen LogP contribution in [0.5, 0.6) is 0 Å². The summed E-state index contributed by atoms with van der Waals surface area (Å²) in [6.07, 6.45) is 0.662. The first-order valence-electron chi connectivity index (χ1n) is 6.28. The van der Waals surface area contributed by atoms with Crippen molar-refractivity contribution >= 4 is 28.8 Å². The molecule has 0 bridgehead atoms. The number of anilines is 2. The van der Waals surface area contributed by atoms with Crippen LogP contribution < -0.4 is 10.6 Å². The van der Waals surface area contributed by atoms with Crippen LogP contribution in [0, 0.1) is 0 Å². The Balaban J connectivity index is 2.00. The molecule has 5 heteroatoms. The molecule has 0 atom stereocenters. The second-order valence-corrected chi connectivity index (χ2v) is 4.41. The zero-order valence-electron chi connectivity index (χ0n) is 11.0. The van der Waals surface area contributed by atoms with E-state index in [4.69, 9.17) is 0 Å². The normalized spacial score (nSPS) is 10.4. The van der Waals surface area contributed by atoms with Crippen molar-refractivity contribution in [3.63, 3.8) is 0 Å². The second-order valence-electron chi connectivity index (χ2n) is 4.41. The van der Waals surface area contributed by atoms with Crippen LogP contribution in [0.2, 0.25) is 0 Å². The summed E-state index contributed by atoms with van der Waals surface area (Å²) in [5.74, 6) is 0.811. The van der Waals surface area contributed by atoms with Gasteiger partial charge in [0.2, 0.25) is 6.41 Å². The van der Waals surface area contributed by atoms with Gasteiger partial charge in [-0.05, 0) is 42.5 Å². The Hall–Kier alpha value is -2.82. The highest BCUT2D eigenvalue weighted by atomic mass is 16.1. The maximum atomic E-state index is 10.5. The minimum Gasteiger partial charge on any atom is -0.388 e. The molecule has 0 spiro atoms. The number of carbonyl (C=O) groups excluding carboxylic acids is 1. The first kappa shape index (κ1) is 12.2. The quantitative estimate of drug-likeness (QED) is 0.636. The highest BCUT2D eigenvalue weighted by Crippen LogP contribution is 2.23. The molecule has 5 nitrogen and oxygen atoms in total. The smallest absolute Gasteiger partial charge is 0.211 e. The van der Waals surface area contributed by atoms with Crippen molar-refractivity contribution in [2.24, 2.45) is 0 Å². The monoisotopic (exact) mass is 266 g/mol. The van der Waals surface area contributed by atoms with Gasteiger partial charge in [-0.1, -0.05) is 0 Å². The molecule has 1 heterocycles. The Morgan fingerprint density at radius 1 is 1.10 bits per heavy atom. The molecule has 20 heavy (non-hydrogen) atoms. The van der Waals surface area contributed by atoms with E-state index in [0.717, 1.165) is 33.8 Å². The first-order valence-corrected chi connectivity index (χ1v) is 6.28. The van der Waals surface area contributed by atoms with Crippen molar-refractivity contribution in [2.45, 2.75) is 0 Å². The van der Waals surface area contributed by atoms with Crippen LogP contribution >= 0.6 is 0 Å². The second kappa shape index (κ2) is 5.05. The van der Waals surface area contributed by atoms with Gasteiger partial charge in [0, 0.05) is 24.0 Å². The highest BCUT2D eigenvalue weighted by Gasteiger charge is 2.05. The predicted octanol–water partition coefficient (Wildman–Crippen LogP) is 2.84. The molecule has 3 rings (SSSR count). The van der Waals surface area contributed by atoms with E-state index in [9.17, 15) is 4.79 Å². The summed E-state index contributed by atoms with van der Waals surface area (Å²) in [7, 11) is 1.89. The summed E-state index contributed by atoms with van der Waals surface area (Å²) >= 11 is 0. The van der Waals surface area contributed by atoms with Crippen molar-refractivity contribution in [3.8, 4) is 11.4 Å². The van der Waals surface area contributed by atoms with Crippen molar-refractivity contribution < 1.29 is 4.79 Å². The number of imidazole rings is 1. The molecule has 0 aliphatic heterocycles. The topological polar surface area (TPSA) is 69.8 Å². The SMILES string of the molecule is CNc1ccc(-c2nc3ccc(NC=O)cc3[nH]2)cc1. The van der Waals surface area contributed by atoms with E-state index in [-0.39, 0.29) is 0 Å². The molecule has 100 valence electrons. The Labute approximate surface area is 116 Å². The average Bonchev–Trinajstić information content (AvgIpc) is 2.91. The van der Waals surface area contributed by atoms with Gasteiger partial charge in [0.1, 0.15) is 5.82 Å². The number of aromatic nitrogens is 2. The summed E-state index contributed by atoms with van der Waals surface area (Å²) in [5, 5.41) is 5.71. The van der Waals surface area contributed by atoms with Gasteiger partial charge >= 0.3 is 0 Å². The maximum absolute atomic E-state index is 10.5. The number of H-pyrrole nitrogens is 1. The number of carbonyl (C=O) groups is 1. The largest absolute Gasteiger partial charge is 0.388 e. The molecule has 0 radical (unpaired) electrons. The van der Waals surface area contributed by atoms with E-state index in [0.29, 0.717) is 6.41 Å². The number of amides is 1. The third-order valence-corrected chi connectivity index (χ3v) is 3.15. The van der Waals surface area contributed by atoms with Gasteiger partial charge in [0.25, 0.3) is 0 Å². The molecule has 0 aliphatic carbocycles. The van der Waals surface area contributed by atoms with Crippen molar-refractivity contribution in [2.75, 3.05) is 17.7 Å². The summed E-state index contributed by atoms with van der Waals surface area (Å²) < 4.78 is 0. The molecule has 3 aromatic rings. The van der Waals surface area contributed by atoms with E-state index in [1.54, 1.807) is 0 Å². The fraction of sp³-hybridized carbons (Fsp3) is 0.0667. The fourth-order valence-electron chi connectivity index (χ4n) is 2.10. The fourth-order valence-corrected chi connectivity index (χ4v) is 2.10. The van der Waals surface area contributed by atoms with Crippen LogP contribution in [0.3, 0.4) is 0 Å². The number of rotatable bonds is 4. The van der Waals surface area contributed by atoms with Crippen LogP contribution in [-0.2, 0) is 4.79 Å². The van der Waals surface area contributed by atoms with Crippen LogP contribution in [0.4, 0.5) is 11.4 Å². The lowest BCUT2D eigenvalue weighted by Crippen LogP contribution is -1.92. The standard InChI is InChI=1S/C15H14N4O/c1-16-11-4-2-10(3-5-11)15-18-13-7-6-12(17-9-20)8-14(13)19-15/h2-9,16H,1H3,(H,17,20)(H,18,19). The molecule has 0 saturated heterocycles. The van der Waals surface area contributed by atoms with E-state index in [1.165, 1.54) is 0 Å². The lowest BCUT2D eigenvalue weighted by molar-refractivity contribution is -0.105. The van der Waals surface area contributed by atoms with Gasteiger partial charge in [-0.25, -0.2) is 4.98 Å². The molecule has 0 aliphatic rings. The lowest BCUT2D eigenvalue weighted by atomic mass is 10.2. The van der Waals surface area contributed by atoms with Crippen LogP contribution in [-0.4, -0.2) is 23.4 Å². The third-order valence-electron chi connectivity index (χ3n) is 3.15. The van der Waals surface area contributed by atoms with Crippen molar-refractivity contribution in [1.29, 1.82) is 0 Å². The molecular weight excluding hydrogens is 252 g/mol. The molecule has 0 unspecified atom stereocenters. The van der Waals surface area contributed by atoms with Crippen LogP contribution in [0.25, 0.3) is 22.4 Å². The van der Waals surface area contributed by atoms with E-state index >= 15 is 0 Å². The van der Waals surface area contributed by atoms with Crippen molar-refractivity contribution in [1.82, 2.24) is 9.97 Å². The summed E-state index contributed by atoms with van der Waals surface area (Å²) in [6.45, 7) is 0. The highest BCUT2D eigenvalue weighted by molar-refractivity contribution is 5.85.